The van der Waals surface area contributed by atoms with Crippen LogP contribution in [0.4, 0.5) is 4.39 Å². The maximum Gasteiger partial charge on any atom is 0.279 e. The van der Waals surface area contributed by atoms with E-state index in [2.05, 4.69) is 16.2 Å². The number of nitrogens with one attached hydrogen (secondary N) is 3. The molecule has 0 radical (unpaired) electrons. The third-order valence-electron chi connectivity index (χ3n) is 3.93. The van der Waals surface area contributed by atoms with Crippen molar-refractivity contribution in [3.63, 3.8) is 0 Å². The van der Waals surface area contributed by atoms with Crippen LogP contribution in [0.25, 0.3) is 10.4 Å². The topological polar surface area (TPSA) is 87.3 Å². The average molecular weight is 411 g/mol. The van der Waals surface area contributed by atoms with Gasteiger partial charge in [-0.15, -0.1) is 11.3 Å². The number of hydrogen-bond acceptors (Lipinski definition) is 4. The molecule has 8 heteroatoms. The van der Waals surface area contributed by atoms with Crippen LogP contribution in [0, 0.1) is 5.82 Å². The average Bonchev–Trinajstić information content (AvgIpc) is 3.22. The predicted molar refractivity (Wildman–Crippen MR) is 108 cm³/mol. The summed E-state index contributed by atoms with van der Waals surface area (Å²) >= 11 is 1.22. The molecule has 0 spiro atoms. The van der Waals surface area contributed by atoms with E-state index < -0.39 is 11.8 Å². The molecule has 3 rings (SSSR count). The summed E-state index contributed by atoms with van der Waals surface area (Å²) in [7, 11) is 0. The second kappa shape index (κ2) is 9.61. The Bertz CT molecular complexity index is 1000. The van der Waals surface area contributed by atoms with Gasteiger partial charge in [0, 0.05) is 4.88 Å². The van der Waals surface area contributed by atoms with Crippen LogP contribution in [0.5, 0.6) is 0 Å². The molecule has 0 saturated carbocycles. The van der Waals surface area contributed by atoms with Gasteiger partial charge in [0.1, 0.15) is 5.82 Å². The van der Waals surface area contributed by atoms with Crippen molar-refractivity contribution in [3.8, 4) is 10.4 Å². The van der Waals surface area contributed by atoms with Gasteiger partial charge in [-0.05, 0) is 35.4 Å². The van der Waals surface area contributed by atoms with Crippen molar-refractivity contribution in [3.05, 3.63) is 83.0 Å². The summed E-state index contributed by atoms with van der Waals surface area (Å²) in [5, 5.41) is 2.49. The number of rotatable bonds is 6. The summed E-state index contributed by atoms with van der Waals surface area (Å²) in [6, 6.07) is 18.5. The normalized spacial score (nSPS) is 10.2. The largest absolute Gasteiger partial charge is 0.347 e. The van der Waals surface area contributed by atoms with E-state index in [1.807, 2.05) is 30.3 Å². The Labute approximate surface area is 170 Å². The first-order chi connectivity index (χ1) is 14.0. The van der Waals surface area contributed by atoms with E-state index in [0.29, 0.717) is 4.88 Å². The minimum Gasteiger partial charge on any atom is -0.347 e. The number of hydrazine groups is 1. The number of carbonyl (C=O) groups is 3. The van der Waals surface area contributed by atoms with Crippen LogP contribution < -0.4 is 16.2 Å². The van der Waals surface area contributed by atoms with Crippen molar-refractivity contribution in [2.75, 3.05) is 6.54 Å². The Morgan fingerprint density at radius 1 is 0.828 bits per heavy atom. The molecule has 3 aromatic rings. The third kappa shape index (κ3) is 5.98. The second-order valence-electron chi connectivity index (χ2n) is 6.11. The van der Waals surface area contributed by atoms with Gasteiger partial charge in [0.25, 0.3) is 11.8 Å². The molecule has 29 heavy (non-hydrogen) atoms. The lowest BCUT2D eigenvalue weighted by molar-refractivity contribution is -0.126. The molecular weight excluding hydrogens is 393 g/mol. The fraction of sp³-hybridized carbons (Fsp3) is 0.0952. The van der Waals surface area contributed by atoms with Crippen LogP contribution in [0.1, 0.15) is 15.2 Å². The van der Waals surface area contributed by atoms with E-state index in [9.17, 15) is 18.8 Å². The van der Waals surface area contributed by atoms with Crippen LogP contribution in [-0.2, 0) is 16.0 Å². The Morgan fingerprint density at radius 3 is 2.28 bits per heavy atom. The van der Waals surface area contributed by atoms with Crippen molar-refractivity contribution >= 4 is 29.1 Å². The molecule has 0 atom stereocenters. The SMILES string of the molecule is O=C(Cc1ccccc1)NCC(=O)NNC(=O)c1ccc(-c2ccc(F)cc2)s1. The van der Waals surface area contributed by atoms with E-state index in [1.54, 1.807) is 24.3 Å². The number of thiophene rings is 1. The molecule has 3 N–H and O–H groups in total. The summed E-state index contributed by atoms with van der Waals surface area (Å²) in [4.78, 5) is 37.0. The number of carbonyl (C=O) groups excluding carboxylic acids is 3. The third-order valence-corrected chi connectivity index (χ3v) is 5.06. The molecule has 3 amide bonds. The first kappa shape index (κ1) is 20.2. The molecule has 0 fully saturated rings. The molecule has 0 bridgehead atoms. The number of amides is 3. The van der Waals surface area contributed by atoms with Crippen molar-refractivity contribution in [1.82, 2.24) is 16.2 Å². The molecule has 148 valence electrons. The van der Waals surface area contributed by atoms with E-state index in [1.165, 1.54) is 23.5 Å². The fourth-order valence-corrected chi connectivity index (χ4v) is 3.39. The molecule has 0 unspecified atom stereocenters. The van der Waals surface area contributed by atoms with Crippen molar-refractivity contribution in [2.45, 2.75) is 6.42 Å². The zero-order valence-corrected chi connectivity index (χ0v) is 16.1. The van der Waals surface area contributed by atoms with E-state index in [0.717, 1.165) is 16.0 Å². The predicted octanol–water partition coefficient (Wildman–Crippen LogP) is 2.67. The Balaban J connectivity index is 1.43. The zero-order chi connectivity index (χ0) is 20.6. The molecule has 0 saturated heterocycles. The lowest BCUT2D eigenvalue weighted by atomic mass is 10.1. The molecular formula is C21H18FN3O3S. The van der Waals surface area contributed by atoms with Gasteiger partial charge in [-0.3, -0.25) is 25.2 Å². The minimum atomic E-state index is -0.546. The molecule has 0 aliphatic heterocycles. The van der Waals surface area contributed by atoms with Gasteiger partial charge in [-0.2, -0.15) is 0 Å². The van der Waals surface area contributed by atoms with Crippen LogP contribution >= 0.6 is 11.3 Å². The van der Waals surface area contributed by atoms with Crippen molar-refractivity contribution < 1.29 is 18.8 Å². The standard InChI is InChI=1S/C21H18FN3O3S/c22-16-8-6-15(7-9-16)17-10-11-18(29-17)21(28)25-24-20(27)13-23-19(26)12-14-4-2-1-3-5-14/h1-11H,12-13H2,(H,23,26)(H,24,27)(H,25,28). The van der Waals surface area contributed by atoms with Crippen LogP contribution in [0.2, 0.25) is 0 Å². The fourth-order valence-electron chi connectivity index (χ4n) is 2.48. The lowest BCUT2D eigenvalue weighted by Crippen LogP contribution is -2.46. The zero-order valence-electron chi connectivity index (χ0n) is 15.3. The van der Waals surface area contributed by atoms with Crippen LogP contribution in [0.3, 0.4) is 0 Å². The highest BCUT2D eigenvalue weighted by Gasteiger charge is 2.12. The van der Waals surface area contributed by atoms with Gasteiger partial charge in [-0.25, -0.2) is 4.39 Å². The van der Waals surface area contributed by atoms with E-state index >= 15 is 0 Å². The molecule has 0 aliphatic carbocycles. The van der Waals surface area contributed by atoms with Crippen LogP contribution in [-0.4, -0.2) is 24.3 Å². The monoisotopic (exact) mass is 411 g/mol. The van der Waals surface area contributed by atoms with Gasteiger partial charge in [0.05, 0.1) is 17.8 Å². The van der Waals surface area contributed by atoms with E-state index in [-0.39, 0.29) is 24.7 Å². The van der Waals surface area contributed by atoms with E-state index in [4.69, 9.17) is 0 Å². The number of halogens is 1. The summed E-state index contributed by atoms with van der Waals surface area (Å²) < 4.78 is 13.0. The lowest BCUT2D eigenvalue weighted by Gasteiger charge is -2.08. The molecule has 6 nitrogen and oxygen atoms in total. The van der Waals surface area contributed by atoms with Crippen molar-refractivity contribution in [1.29, 1.82) is 0 Å². The Kier molecular flexibility index (Phi) is 6.70. The highest BCUT2D eigenvalue weighted by Crippen LogP contribution is 2.28. The van der Waals surface area contributed by atoms with Crippen molar-refractivity contribution in [2.24, 2.45) is 0 Å². The van der Waals surface area contributed by atoms with Gasteiger partial charge >= 0.3 is 0 Å². The van der Waals surface area contributed by atoms with Gasteiger partial charge in [-0.1, -0.05) is 42.5 Å². The Morgan fingerprint density at radius 2 is 1.55 bits per heavy atom. The molecule has 1 aromatic heterocycles. The highest BCUT2D eigenvalue weighted by atomic mass is 32.1. The quantitative estimate of drug-likeness (QED) is 0.545. The summed E-state index contributed by atoms with van der Waals surface area (Å²) in [6.07, 6.45) is 0.168. The van der Waals surface area contributed by atoms with Gasteiger partial charge < -0.3 is 5.32 Å². The summed E-state index contributed by atoms with van der Waals surface area (Å²) in [5.74, 6) is -1.65. The number of hydrogen-bond donors (Lipinski definition) is 3. The molecule has 0 aliphatic rings. The molecule has 1 heterocycles. The number of benzene rings is 2. The minimum absolute atomic E-state index is 0.168. The maximum atomic E-state index is 13.0. The van der Waals surface area contributed by atoms with Crippen LogP contribution in [0.15, 0.2) is 66.7 Å². The highest BCUT2D eigenvalue weighted by molar-refractivity contribution is 7.17. The first-order valence-corrected chi connectivity index (χ1v) is 9.58. The Hall–Kier alpha value is -3.52. The summed E-state index contributed by atoms with van der Waals surface area (Å²) in [5.41, 5.74) is 6.20. The second-order valence-corrected chi connectivity index (χ2v) is 7.20. The van der Waals surface area contributed by atoms with Gasteiger partial charge in [0.2, 0.25) is 5.91 Å². The molecule has 2 aromatic carbocycles. The summed E-state index contributed by atoms with van der Waals surface area (Å²) in [6.45, 7) is -0.253. The van der Waals surface area contributed by atoms with Gasteiger partial charge in [0.15, 0.2) is 0 Å². The smallest absolute Gasteiger partial charge is 0.279 e. The maximum absolute atomic E-state index is 13.0. The first-order valence-electron chi connectivity index (χ1n) is 8.77.